The zero-order valence-electron chi connectivity index (χ0n) is 11.5. The lowest BCUT2D eigenvalue weighted by molar-refractivity contribution is 0.0387. The molecule has 106 valence electrons. The third kappa shape index (κ3) is 3.71. The van der Waals surface area contributed by atoms with Crippen molar-refractivity contribution >= 4 is 13.3 Å². The highest BCUT2D eigenvalue weighted by molar-refractivity contribution is 7.51. The van der Waals surface area contributed by atoms with E-state index in [9.17, 15) is 4.57 Å². The molecule has 0 atom stereocenters. The molecule has 1 saturated heterocycles. The molecule has 1 aliphatic rings. The Hall–Kier alpha value is -1.60. The first-order valence-corrected chi connectivity index (χ1v) is 7.81. The molecule has 0 saturated carbocycles. The van der Waals surface area contributed by atoms with E-state index in [4.69, 9.17) is 14.3 Å². The Balaban J connectivity index is 2.09. The monoisotopic (exact) mass is 292 g/mol. The van der Waals surface area contributed by atoms with Crippen LogP contribution in [0.15, 0.2) is 36.5 Å². The molecule has 0 spiro atoms. The molecule has 1 N–H and O–H groups in total. The van der Waals surface area contributed by atoms with Crippen LogP contribution in [0, 0.1) is 16.7 Å². The average molecular weight is 292 g/mol. The summed E-state index contributed by atoms with van der Waals surface area (Å²) in [5.74, 6) is 0. The SMILES string of the molecule is CC1(C)COP(=O)(N/C=C(\C#N)c2ccccc2)OC1. The standard InChI is InChI=1S/C14H17N2O3P/c1-14(2)10-18-20(17,19-11-14)16-9-13(8-15)12-6-4-3-5-7-12/h3-7,9H,10-11H2,1-2H3,(H,16,17)/b13-9+. The van der Waals surface area contributed by atoms with Crippen LogP contribution in [0.3, 0.4) is 0 Å². The van der Waals surface area contributed by atoms with Gasteiger partial charge in [-0.05, 0) is 5.56 Å². The van der Waals surface area contributed by atoms with E-state index in [2.05, 4.69) is 11.2 Å². The van der Waals surface area contributed by atoms with Gasteiger partial charge in [-0.15, -0.1) is 0 Å². The molecule has 5 nitrogen and oxygen atoms in total. The maximum absolute atomic E-state index is 12.3. The van der Waals surface area contributed by atoms with Crippen molar-refractivity contribution in [3.05, 3.63) is 42.1 Å². The number of allylic oxidation sites excluding steroid dienone is 1. The number of nitrogens with zero attached hydrogens (tertiary/aromatic N) is 1. The van der Waals surface area contributed by atoms with Crippen LogP contribution < -0.4 is 5.09 Å². The normalized spacial score (nSPS) is 20.9. The van der Waals surface area contributed by atoms with Gasteiger partial charge in [0, 0.05) is 11.6 Å². The number of benzene rings is 1. The summed E-state index contributed by atoms with van der Waals surface area (Å²) in [6.45, 7) is 4.63. The molecule has 1 aliphatic heterocycles. The minimum Gasteiger partial charge on any atom is -0.298 e. The largest absolute Gasteiger partial charge is 0.432 e. The van der Waals surface area contributed by atoms with E-state index < -0.39 is 7.75 Å². The van der Waals surface area contributed by atoms with Gasteiger partial charge < -0.3 is 0 Å². The van der Waals surface area contributed by atoms with Gasteiger partial charge in [0.05, 0.1) is 18.8 Å². The third-order valence-corrected chi connectivity index (χ3v) is 4.21. The van der Waals surface area contributed by atoms with Gasteiger partial charge in [-0.2, -0.15) is 5.26 Å². The maximum Gasteiger partial charge on any atom is 0.432 e. The molecule has 1 aromatic rings. The maximum atomic E-state index is 12.3. The van der Waals surface area contributed by atoms with E-state index in [0.29, 0.717) is 18.8 Å². The Labute approximate surface area is 118 Å². The summed E-state index contributed by atoms with van der Waals surface area (Å²) >= 11 is 0. The Kier molecular flexibility index (Phi) is 4.29. The second kappa shape index (κ2) is 5.80. The second-order valence-corrected chi connectivity index (χ2v) is 7.14. The van der Waals surface area contributed by atoms with Gasteiger partial charge in [0.2, 0.25) is 0 Å². The fourth-order valence-electron chi connectivity index (χ4n) is 1.61. The average Bonchev–Trinajstić information content (AvgIpc) is 2.45. The van der Waals surface area contributed by atoms with Gasteiger partial charge in [0.15, 0.2) is 0 Å². The van der Waals surface area contributed by atoms with Crippen molar-refractivity contribution in [3.8, 4) is 6.07 Å². The van der Waals surface area contributed by atoms with Crippen molar-refractivity contribution < 1.29 is 13.6 Å². The summed E-state index contributed by atoms with van der Waals surface area (Å²) < 4.78 is 22.8. The molecule has 1 aromatic carbocycles. The Morgan fingerprint density at radius 3 is 2.50 bits per heavy atom. The molecule has 0 radical (unpaired) electrons. The Morgan fingerprint density at radius 1 is 1.35 bits per heavy atom. The van der Waals surface area contributed by atoms with Gasteiger partial charge in [0.25, 0.3) is 0 Å². The van der Waals surface area contributed by atoms with Gasteiger partial charge in [-0.1, -0.05) is 44.2 Å². The minimum absolute atomic E-state index is 0.156. The Bertz CT molecular complexity index is 576. The van der Waals surface area contributed by atoms with Gasteiger partial charge in [-0.3, -0.25) is 14.1 Å². The van der Waals surface area contributed by atoms with Crippen LogP contribution in [0.1, 0.15) is 19.4 Å². The molecule has 6 heteroatoms. The van der Waals surface area contributed by atoms with Crippen LogP contribution in [-0.4, -0.2) is 13.2 Å². The van der Waals surface area contributed by atoms with Crippen LogP contribution in [0.5, 0.6) is 0 Å². The molecule has 20 heavy (non-hydrogen) atoms. The summed E-state index contributed by atoms with van der Waals surface area (Å²) in [6, 6.07) is 11.2. The van der Waals surface area contributed by atoms with Gasteiger partial charge in [-0.25, -0.2) is 4.57 Å². The zero-order chi connectivity index (χ0) is 14.6. The molecule has 0 aromatic heterocycles. The van der Waals surface area contributed by atoms with E-state index in [1.807, 2.05) is 32.0 Å². The van der Waals surface area contributed by atoms with Crippen molar-refractivity contribution in [2.45, 2.75) is 13.8 Å². The van der Waals surface area contributed by atoms with E-state index in [1.165, 1.54) is 6.20 Å². The predicted octanol–water partition coefficient (Wildman–Crippen LogP) is 3.32. The molecular weight excluding hydrogens is 275 g/mol. The number of nitriles is 1. The third-order valence-electron chi connectivity index (χ3n) is 2.82. The van der Waals surface area contributed by atoms with Crippen LogP contribution in [0.25, 0.3) is 5.57 Å². The second-order valence-electron chi connectivity index (χ2n) is 5.37. The summed E-state index contributed by atoms with van der Waals surface area (Å²) in [5, 5.41) is 11.8. The molecular formula is C14H17N2O3P. The number of nitrogens with one attached hydrogen (secondary N) is 1. The van der Waals surface area contributed by atoms with E-state index >= 15 is 0 Å². The number of rotatable bonds is 3. The molecule has 0 unspecified atom stereocenters. The number of hydrogen-bond acceptors (Lipinski definition) is 4. The van der Waals surface area contributed by atoms with Crippen LogP contribution in [0.4, 0.5) is 0 Å². The smallest absolute Gasteiger partial charge is 0.298 e. The fourth-order valence-corrected chi connectivity index (χ4v) is 3.16. The highest BCUT2D eigenvalue weighted by Gasteiger charge is 2.36. The molecule has 1 fully saturated rings. The van der Waals surface area contributed by atoms with Crippen LogP contribution in [-0.2, 0) is 13.6 Å². The fraction of sp³-hybridized carbons (Fsp3) is 0.357. The van der Waals surface area contributed by atoms with Crippen LogP contribution >= 0.6 is 7.75 Å². The highest BCUT2D eigenvalue weighted by Crippen LogP contribution is 2.50. The van der Waals surface area contributed by atoms with E-state index in [-0.39, 0.29) is 5.41 Å². The summed E-state index contributed by atoms with van der Waals surface area (Å²) in [7, 11) is -3.36. The van der Waals surface area contributed by atoms with Crippen molar-refractivity contribution in [1.29, 1.82) is 5.26 Å². The first-order valence-electron chi connectivity index (χ1n) is 6.27. The first-order chi connectivity index (χ1) is 9.44. The molecule has 0 bridgehead atoms. The topological polar surface area (TPSA) is 71.3 Å². The van der Waals surface area contributed by atoms with Crippen molar-refractivity contribution in [2.75, 3.05) is 13.2 Å². The summed E-state index contributed by atoms with van der Waals surface area (Å²) in [4.78, 5) is 0. The predicted molar refractivity (Wildman–Crippen MR) is 76.5 cm³/mol. The lowest BCUT2D eigenvalue weighted by Gasteiger charge is -2.33. The number of hydrogen-bond donors (Lipinski definition) is 1. The minimum atomic E-state index is -3.36. The van der Waals surface area contributed by atoms with Gasteiger partial charge >= 0.3 is 7.75 Å². The molecule has 1 heterocycles. The zero-order valence-corrected chi connectivity index (χ0v) is 12.4. The Morgan fingerprint density at radius 2 is 1.95 bits per heavy atom. The first kappa shape index (κ1) is 14.8. The van der Waals surface area contributed by atoms with E-state index in [0.717, 1.165) is 5.56 Å². The highest BCUT2D eigenvalue weighted by atomic mass is 31.2. The molecule has 0 amide bonds. The lowest BCUT2D eigenvalue weighted by Crippen LogP contribution is -2.31. The summed E-state index contributed by atoms with van der Waals surface area (Å²) in [6.07, 6.45) is 1.38. The molecule has 2 rings (SSSR count). The van der Waals surface area contributed by atoms with Crippen molar-refractivity contribution in [3.63, 3.8) is 0 Å². The lowest BCUT2D eigenvalue weighted by atomic mass is 9.97. The van der Waals surface area contributed by atoms with Crippen molar-refractivity contribution in [1.82, 2.24) is 5.09 Å². The van der Waals surface area contributed by atoms with Crippen molar-refractivity contribution in [2.24, 2.45) is 5.41 Å². The molecule has 0 aliphatic carbocycles. The summed E-state index contributed by atoms with van der Waals surface area (Å²) in [5.41, 5.74) is 0.959. The quantitative estimate of drug-likeness (QED) is 0.683. The van der Waals surface area contributed by atoms with Crippen LogP contribution in [0.2, 0.25) is 0 Å². The van der Waals surface area contributed by atoms with E-state index in [1.54, 1.807) is 12.1 Å². The van der Waals surface area contributed by atoms with Gasteiger partial charge in [0.1, 0.15) is 6.07 Å².